The van der Waals surface area contributed by atoms with Crippen LogP contribution >= 0.6 is 0 Å². The molecule has 1 aliphatic heterocycles. The highest BCUT2D eigenvalue weighted by molar-refractivity contribution is 5.37. The van der Waals surface area contributed by atoms with E-state index < -0.39 is 11.6 Å². The van der Waals surface area contributed by atoms with Gasteiger partial charge in [-0.2, -0.15) is 0 Å². The van der Waals surface area contributed by atoms with E-state index in [1.165, 1.54) is 6.07 Å². The molecule has 1 aliphatic rings. The van der Waals surface area contributed by atoms with E-state index in [1.807, 2.05) is 0 Å². The quantitative estimate of drug-likeness (QED) is 0.915. The van der Waals surface area contributed by atoms with Crippen LogP contribution < -0.4 is 14.8 Å². The predicted octanol–water partition coefficient (Wildman–Crippen LogP) is 3.53. The first-order valence-electron chi connectivity index (χ1n) is 7.64. The van der Waals surface area contributed by atoms with Gasteiger partial charge in [0.05, 0.1) is 6.61 Å². The van der Waals surface area contributed by atoms with E-state index in [0.717, 1.165) is 38.1 Å². The minimum Gasteiger partial charge on any atom is -0.488 e. The first-order valence-corrected chi connectivity index (χ1v) is 7.64. The Kier molecular flexibility index (Phi) is 5.02. The molecule has 23 heavy (non-hydrogen) atoms. The lowest BCUT2D eigenvalue weighted by molar-refractivity contribution is 0.211. The van der Waals surface area contributed by atoms with Crippen molar-refractivity contribution in [3.8, 4) is 17.4 Å². The van der Waals surface area contributed by atoms with Gasteiger partial charge in [0.2, 0.25) is 0 Å². The van der Waals surface area contributed by atoms with Crippen LogP contribution in [0, 0.1) is 17.6 Å². The van der Waals surface area contributed by atoms with Gasteiger partial charge in [-0.15, -0.1) is 0 Å². The third kappa shape index (κ3) is 4.16. The van der Waals surface area contributed by atoms with Crippen LogP contribution in [0.3, 0.4) is 0 Å². The zero-order valence-electron chi connectivity index (χ0n) is 12.6. The number of nitrogens with one attached hydrogen (secondary N) is 1. The van der Waals surface area contributed by atoms with E-state index in [9.17, 15) is 8.78 Å². The first-order chi connectivity index (χ1) is 11.2. The molecule has 0 saturated carbocycles. The molecule has 0 bridgehead atoms. The monoisotopic (exact) mass is 320 g/mol. The van der Waals surface area contributed by atoms with E-state index in [4.69, 9.17) is 9.47 Å². The van der Waals surface area contributed by atoms with Crippen molar-refractivity contribution in [1.82, 2.24) is 10.3 Å². The molecule has 1 N–H and O–H groups in total. The van der Waals surface area contributed by atoms with Crippen LogP contribution in [-0.2, 0) is 0 Å². The second-order valence-corrected chi connectivity index (χ2v) is 5.51. The molecule has 0 aliphatic carbocycles. The number of hydrogen-bond donors (Lipinski definition) is 1. The van der Waals surface area contributed by atoms with Gasteiger partial charge in [0.1, 0.15) is 5.75 Å². The molecular formula is C17H18F2N2O2. The summed E-state index contributed by atoms with van der Waals surface area (Å²) >= 11 is 0. The first kappa shape index (κ1) is 15.7. The minimum absolute atomic E-state index is 0.173. The van der Waals surface area contributed by atoms with Crippen molar-refractivity contribution in [3.63, 3.8) is 0 Å². The molecule has 1 atom stereocenters. The number of benzene rings is 1. The summed E-state index contributed by atoms with van der Waals surface area (Å²) in [5.74, 6) is -0.536. The molecule has 1 aromatic carbocycles. The largest absolute Gasteiger partial charge is 0.488 e. The Labute approximate surface area is 133 Å². The summed E-state index contributed by atoms with van der Waals surface area (Å²) in [5.41, 5.74) is 0. The summed E-state index contributed by atoms with van der Waals surface area (Å²) in [6.07, 6.45) is 3.82. The van der Waals surface area contributed by atoms with Gasteiger partial charge in [-0.25, -0.2) is 13.8 Å². The number of pyridine rings is 1. The zero-order valence-corrected chi connectivity index (χ0v) is 12.6. The third-order valence-corrected chi connectivity index (χ3v) is 3.72. The van der Waals surface area contributed by atoms with Crippen molar-refractivity contribution >= 4 is 0 Å². The van der Waals surface area contributed by atoms with E-state index in [2.05, 4.69) is 10.3 Å². The molecule has 0 amide bonds. The summed E-state index contributed by atoms with van der Waals surface area (Å²) in [6, 6.07) is 6.84. The lowest BCUT2D eigenvalue weighted by atomic mass is 10.0. The molecule has 3 rings (SSSR count). The lowest BCUT2D eigenvalue weighted by Crippen LogP contribution is -2.33. The van der Waals surface area contributed by atoms with Gasteiger partial charge in [-0.3, -0.25) is 0 Å². The smallest absolute Gasteiger partial charge is 0.262 e. The zero-order chi connectivity index (χ0) is 16.1. The molecule has 1 saturated heterocycles. The number of ether oxygens (including phenoxy) is 2. The van der Waals surface area contributed by atoms with Crippen LogP contribution in [0.2, 0.25) is 0 Å². The Morgan fingerprint density at radius 2 is 2.13 bits per heavy atom. The van der Waals surface area contributed by atoms with Gasteiger partial charge in [0, 0.05) is 24.7 Å². The highest BCUT2D eigenvalue weighted by Gasteiger charge is 2.15. The lowest BCUT2D eigenvalue weighted by Gasteiger charge is -2.23. The van der Waals surface area contributed by atoms with Crippen molar-refractivity contribution in [1.29, 1.82) is 0 Å². The average Bonchev–Trinajstić information content (AvgIpc) is 2.58. The SMILES string of the molecule is Fc1ccc(Oc2ncccc2OCC2CCCNC2)cc1F. The molecule has 1 aromatic heterocycles. The van der Waals surface area contributed by atoms with Gasteiger partial charge < -0.3 is 14.8 Å². The second-order valence-electron chi connectivity index (χ2n) is 5.51. The van der Waals surface area contributed by atoms with E-state index >= 15 is 0 Å². The fraction of sp³-hybridized carbons (Fsp3) is 0.353. The highest BCUT2D eigenvalue weighted by Crippen LogP contribution is 2.30. The normalized spacial score (nSPS) is 17.7. The maximum Gasteiger partial charge on any atom is 0.262 e. The summed E-state index contributed by atoms with van der Waals surface area (Å²) in [6.45, 7) is 2.54. The fourth-order valence-corrected chi connectivity index (χ4v) is 2.49. The Hall–Kier alpha value is -2.21. The van der Waals surface area contributed by atoms with E-state index in [0.29, 0.717) is 18.3 Å². The summed E-state index contributed by atoms with van der Waals surface area (Å²) in [5, 5.41) is 3.33. The summed E-state index contributed by atoms with van der Waals surface area (Å²) in [7, 11) is 0. The van der Waals surface area contributed by atoms with Gasteiger partial charge in [-0.1, -0.05) is 0 Å². The molecule has 1 fully saturated rings. The number of hydrogen-bond acceptors (Lipinski definition) is 4. The Bertz CT molecular complexity index is 661. The molecule has 2 aromatic rings. The average molecular weight is 320 g/mol. The number of rotatable bonds is 5. The van der Waals surface area contributed by atoms with Crippen molar-refractivity contribution in [3.05, 3.63) is 48.2 Å². The number of piperidine rings is 1. The van der Waals surface area contributed by atoms with Crippen LogP contribution in [0.15, 0.2) is 36.5 Å². The molecule has 122 valence electrons. The molecular weight excluding hydrogens is 302 g/mol. The Balaban J connectivity index is 1.68. The second kappa shape index (κ2) is 7.37. The van der Waals surface area contributed by atoms with Gasteiger partial charge in [0.15, 0.2) is 17.4 Å². The van der Waals surface area contributed by atoms with Crippen LogP contribution in [0.4, 0.5) is 8.78 Å². The minimum atomic E-state index is -0.964. The molecule has 0 radical (unpaired) electrons. The van der Waals surface area contributed by atoms with Crippen molar-refractivity contribution in [2.45, 2.75) is 12.8 Å². The van der Waals surface area contributed by atoms with Crippen LogP contribution in [0.25, 0.3) is 0 Å². The van der Waals surface area contributed by atoms with Gasteiger partial charge in [0.25, 0.3) is 5.88 Å². The molecule has 6 heteroatoms. The third-order valence-electron chi connectivity index (χ3n) is 3.72. The maximum absolute atomic E-state index is 13.3. The topological polar surface area (TPSA) is 43.4 Å². The summed E-state index contributed by atoms with van der Waals surface area (Å²) in [4.78, 5) is 4.11. The van der Waals surface area contributed by atoms with Crippen molar-refractivity contribution in [2.24, 2.45) is 5.92 Å². The fourth-order valence-electron chi connectivity index (χ4n) is 2.49. The highest BCUT2D eigenvalue weighted by atomic mass is 19.2. The molecule has 2 heterocycles. The molecule has 4 nitrogen and oxygen atoms in total. The van der Waals surface area contributed by atoms with Crippen molar-refractivity contribution in [2.75, 3.05) is 19.7 Å². The standard InChI is InChI=1S/C17H18F2N2O2/c18-14-6-5-13(9-15(14)19)23-17-16(4-2-8-21-17)22-11-12-3-1-7-20-10-12/h2,4-6,8-9,12,20H,1,3,7,10-11H2. The summed E-state index contributed by atoms with van der Waals surface area (Å²) < 4.78 is 37.6. The van der Waals surface area contributed by atoms with Crippen LogP contribution in [-0.4, -0.2) is 24.7 Å². The number of halogens is 2. The number of aromatic nitrogens is 1. The van der Waals surface area contributed by atoms with Gasteiger partial charge >= 0.3 is 0 Å². The maximum atomic E-state index is 13.3. The van der Waals surface area contributed by atoms with Crippen molar-refractivity contribution < 1.29 is 18.3 Å². The van der Waals surface area contributed by atoms with Crippen LogP contribution in [0.1, 0.15) is 12.8 Å². The van der Waals surface area contributed by atoms with E-state index in [-0.39, 0.29) is 11.6 Å². The van der Waals surface area contributed by atoms with E-state index in [1.54, 1.807) is 18.3 Å². The molecule has 1 unspecified atom stereocenters. The molecule has 0 spiro atoms. The van der Waals surface area contributed by atoms with Crippen LogP contribution in [0.5, 0.6) is 17.4 Å². The predicted molar refractivity (Wildman–Crippen MR) is 81.8 cm³/mol. The Morgan fingerprint density at radius 1 is 1.22 bits per heavy atom. The number of nitrogens with zero attached hydrogens (tertiary/aromatic N) is 1. The van der Waals surface area contributed by atoms with Gasteiger partial charge in [-0.05, 0) is 43.7 Å². The Morgan fingerprint density at radius 3 is 2.91 bits per heavy atom.